The predicted molar refractivity (Wildman–Crippen MR) is 92.7 cm³/mol. The highest BCUT2D eigenvalue weighted by atomic mass is 16.5. The van der Waals surface area contributed by atoms with Gasteiger partial charge in [-0.25, -0.2) is 0 Å². The third kappa shape index (κ3) is 4.73. The Labute approximate surface area is 134 Å². The number of hydrogen-bond acceptors (Lipinski definition) is 2. The molecule has 22 heavy (non-hydrogen) atoms. The molecule has 2 rings (SSSR count). The average Bonchev–Trinajstić information content (AvgIpc) is 2.98. The molecule has 0 aliphatic carbocycles. The second kappa shape index (κ2) is 8.18. The molecule has 1 unspecified atom stereocenters. The minimum atomic E-state index is 0.333. The highest BCUT2D eigenvalue weighted by molar-refractivity contribution is 5.79. The summed E-state index contributed by atoms with van der Waals surface area (Å²) in [4.78, 5) is 4.28. The van der Waals surface area contributed by atoms with Gasteiger partial charge in [-0.15, -0.1) is 0 Å². The van der Waals surface area contributed by atoms with Crippen molar-refractivity contribution in [1.29, 1.82) is 0 Å². The second-order valence-corrected chi connectivity index (χ2v) is 6.14. The van der Waals surface area contributed by atoms with E-state index in [9.17, 15) is 0 Å². The summed E-state index contributed by atoms with van der Waals surface area (Å²) in [5.74, 6) is 0.859. The number of ether oxygens (including phenoxy) is 1. The first-order valence-electron chi connectivity index (χ1n) is 8.23. The highest BCUT2D eigenvalue weighted by Gasteiger charge is 2.15. The number of nitrogens with zero attached hydrogens (tertiary/aromatic N) is 1. The van der Waals surface area contributed by atoms with Crippen LogP contribution in [0.2, 0.25) is 0 Å². The number of aliphatic imine (C=N–C) groups is 1. The van der Waals surface area contributed by atoms with E-state index in [0.717, 1.165) is 38.5 Å². The van der Waals surface area contributed by atoms with Crippen molar-refractivity contribution < 1.29 is 4.74 Å². The Hall–Kier alpha value is -1.55. The summed E-state index contributed by atoms with van der Waals surface area (Å²) >= 11 is 0. The predicted octanol–water partition coefficient (Wildman–Crippen LogP) is 2.50. The Morgan fingerprint density at radius 1 is 1.23 bits per heavy atom. The van der Waals surface area contributed by atoms with Crippen LogP contribution in [0, 0.1) is 20.8 Å². The summed E-state index contributed by atoms with van der Waals surface area (Å²) in [6.45, 7) is 9.15. The molecular formula is C18H29N3O. The van der Waals surface area contributed by atoms with Gasteiger partial charge in [0.15, 0.2) is 5.96 Å². The SMILES string of the molecule is CN=C(NCCc1c(C)cc(C)cc1C)NCC1CCCO1. The Kier molecular flexibility index (Phi) is 6.25. The smallest absolute Gasteiger partial charge is 0.191 e. The maximum absolute atomic E-state index is 5.62. The third-order valence-electron chi connectivity index (χ3n) is 4.25. The molecular weight excluding hydrogens is 274 g/mol. The van der Waals surface area contributed by atoms with Crippen molar-refractivity contribution >= 4 is 5.96 Å². The molecule has 1 atom stereocenters. The fourth-order valence-corrected chi connectivity index (χ4v) is 3.15. The van der Waals surface area contributed by atoms with Gasteiger partial charge in [-0.2, -0.15) is 0 Å². The van der Waals surface area contributed by atoms with Crippen LogP contribution in [0.3, 0.4) is 0 Å². The molecule has 0 bridgehead atoms. The topological polar surface area (TPSA) is 45.7 Å². The summed E-state index contributed by atoms with van der Waals surface area (Å²) in [5.41, 5.74) is 5.52. The van der Waals surface area contributed by atoms with Gasteiger partial charge in [-0.3, -0.25) is 4.99 Å². The van der Waals surface area contributed by atoms with E-state index in [1.54, 1.807) is 0 Å². The minimum Gasteiger partial charge on any atom is -0.376 e. The number of rotatable bonds is 5. The second-order valence-electron chi connectivity index (χ2n) is 6.14. The van der Waals surface area contributed by atoms with Gasteiger partial charge in [0.05, 0.1) is 6.10 Å². The summed E-state index contributed by atoms with van der Waals surface area (Å²) in [6, 6.07) is 4.51. The van der Waals surface area contributed by atoms with Gasteiger partial charge in [-0.1, -0.05) is 17.7 Å². The van der Waals surface area contributed by atoms with E-state index in [1.807, 2.05) is 7.05 Å². The van der Waals surface area contributed by atoms with Crippen molar-refractivity contribution in [3.05, 3.63) is 34.4 Å². The number of guanidine groups is 1. The first-order chi connectivity index (χ1) is 10.6. The summed E-state index contributed by atoms with van der Waals surface area (Å²) in [5, 5.41) is 6.74. The molecule has 1 saturated heterocycles. The fourth-order valence-electron chi connectivity index (χ4n) is 3.15. The van der Waals surface area contributed by atoms with Crippen LogP contribution < -0.4 is 10.6 Å². The van der Waals surface area contributed by atoms with Crippen molar-refractivity contribution in [3.8, 4) is 0 Å². The first kappa shape index (κ1) is 16.8. The summed E-state index contributed by atoms with van der Waals surface area (Å²) in [6.07, 6.45) is 3.66. The van der Waals surface area contributed by atoms with Crippen molar-refractivity contribution in [3.63, 3.8) is 0 Å². The average molecular weight is 303 g/mol. The number of benzene rings is 1. The van der Waals surface area contributed by atoms with Crippen molar-refractivity contribution in [2.75, 3.05) is 26.7 Å². The van der Waals surface area contributed by atoms with Crippen LogP contribution in [0.1, 0.15) is 35.1 Å². The van der Waals surface area contributed by atoms with E-state index < -0.39 is 0 Å². The molecule has 2 N–H and O–H groups in total. The maximum Gasteiger partial charge on any atom is 0.191 e. The van der Waals surface area contributed by atoms with Crippen molar-refractivity contribution in [2.45, 2.75) is 46.1 Å². The van der Waals surface area contributed by atoms with Gasteiger partial charge in [0.1, 0.15) is 0 Å². The van der Waals surface area contributed by atoms with E-state index in [-0.39, 0.29) is 0 Å². The van der Waals surface area contributed by atoms with Gasteiger partial charge in [-0.05, 0) is 56.7 Å². The molecule has 0 spiro atoms. The van der Waals surface area contributed by atoms with E-state index in [4.69, 9.17) is 4.74 Å². The molecule has 0 amide bonds. The van der Waals surface area contributed by atoms with Crippen LogP contribution in [0.4, 0.5) is 0 Å². The number of hydrogen-bond donors (Lipinski definition) is 2. The molecule has 1 aromatic carbocycles. The lowest BCUT2D eigenvalue weighted by molar-refractivity contribution is 0.114. The lowest BCUT2D eigenvalue weighted by Gasteiger charge is -2.16. The summed E-state index contributed by atoms with van der Waals surface area (Å²) < 4.78 is 5.62. The van der Waals surface area contributed by atoms with Crippen LogP contribution in [0.25, 0.3) is 0 Å². The lowest BCUT2D eigenvalue weighted by atomic mass is 9.97. The number of aryl methyl sites for hydroxylation is 3. The molecule has 0 radical (unpaired) electrons. The Morgan fingerprint density at radius 2 is 1.95 bits per heavy atom. The van der Waals surface area contributed by atoms with Gasteiger partial charge in [0.2, 0.25) is 0 Å². The van der Waals surface area contributed by atoms with Crippen LogP contribution in [-0.4, -0.2) is 38.8 Å². The van der Waals surface area contributed by atoms with E-state index in [1.165, 1.54) is 28.7 Å². The summed E-state index contributed by atoms with van der Waals surface area (Å²) in [7, 11) is 1.81. The van der Waals surface area contributed by atoms with E-state index in [0.29, 0.717) is 6.10 Å². The molecule has 4 nitrogen and oxygen atoms in total. The largest absolute Gasteiger partial charge is 0.376 e. The molecule has 1 heterocycles. The number of nitrogens with one attached hydrogen (secondary N) is 2. The van der Waals surface area contributed by atoms with Crippen molar-refractivity contribution in [2.24, 2.45) is 4.99 Å². The Morgan fingerprint density at radius 3 is 2.55 bits per heavy atom. The Balaban J connectivity index is 1.79. The molecule has 122 valence electrons. The molecule has 0 aromatic heterocycles. The lowest BCUT2D eigenvalue weighted by Crippen LogP contribution is -2.41. The van der Waals surface area contributed by atoms with Gasteiger partial charge < -0.3 is 15.4 Å². The maximum atomic E-state index is 5.62. The molecule has 1 aliphatic rings. The van der Waals surface area contributed by atoms with Gasteiger partial charge in [0.25, 0.3) is 0 Å². The standard InChI is InChI=1S/C18H29N3O/c1-13-10-14(2)17(15(3)11-13)7-8-20-18(19-4)21-12-16-6-5-9-22-16/h10-11,16H,5-9,12H2,1-4H3,(H2,19,20,21). The zero-order chi connectivity index (χ0) is 15.9. The minimum absolute atomic E-state index is 0.333. The van der Waals surface area contributed by atoms with Crippen LogP contribution in [0.5, 0.6) is 0 Å². The first-order valence-corrected chi connectivity index (χ1v) is 8.23. The normalized spacial score (nSPS) is 18.5. The van der Waals surface area contributed by atoms with Gasteiger partial charge >= 0.3 is 0 Å². The molecule has 1 fully saturated rings. The zero-order valence-electron chi connectivity index (χ0n) is 14.3. The van der Waals surface area contributed by atoms with Crippen LogP contribution >= 0.6 is 0 Å². The van der Waals surface area contributed by atoms with E-state index in [2.05, 4.69) is 48.5 Å². The quantitative estimate of drug-likeness (QED) is 0.649. The van der Waals surface area contributed by atoms with E-state index >= 15 is 0 Å². The Bertz CT molecular complexity index is 496. The van der Waals surface area contributed by atoms with Crippen molar-refractivity contribution in [1.82, 2.24) is 10.6 Å². The van der Waals surface area contributed by atoms with Gasteiger partial charge in [0, 0.05) is 26.7 Å². The zero-order valence-corrected chi connectivity index (χ0v) is 14.3. The monoisotopic (exact) mass is 303 g/mol. The molecule has 1 aliphatic heterocycles. The molecule has 4 heteroatoms. The van der Waals surface area contributed by atoms with Crippen LogP contribution in [-0.2, 0) is 11.2 Å². The third-order valence-corrected chi connectivity index (χ3v) is 4.25. The highest BCUT2D eigenvalue weighted by Crippen LogP contribution is 2.16. The fraction of sp³-hybridized carbons (Fsp3) is 0.611. The molecule has 0 saturated carbocycles. The van der Waals surface area contributed by atoms with Crippen LogP contribution in [0.15, 0.2) is 17.1 Å². The molecule has 1 aromatic rings.